The predicted molar refractivity (Wildman–Crippen MR) is 76.6 cm³/mol. The molecule has 1 aromatic heterocycles. The van der Waals surface area contributed by atoms with Gasteiger partial charge in [0, 0.05) is 13.1 Å². The third-order valence-electron chi connectivity index (χ3n) is 3.04. The van der Waals surface area contributed by atoms with Gasteiger partial charge >= 0.3 is 0 Å². The van der Waals surface area contributed by atoms with Gasteiger partial charge in [-0.2, -0.15) is 0 Å². The fourth-order valence-corrected chi connectivity index (χ4v) is 2.07. The molecule has 0 aliphatic carbocycles. The van der Waals surface area contributed by atoms with Crippen molar-refractivity contribution in [1.29, 1.82) is 0 Å². The van der Waals surface area contributed by atoms with Gasteiger partial charge < -0.3 is 10.6 Å². The zero-order valence-electron chi connectivity index (χ0n) is 10.9. The predicted octanol–water partition coefficient (Wildman–Crippen LogP) is 3.00. The molecule has 0 fully saturated rings. The van der Waals surface area contributed by atoms with Crippen LogP contribution in [0.1, 0.15) is 18.1 Å². The molecule has 0 aliphatic rings. The van der Waals surface area contributed by atoms with Crippen LogP contribution in [0.15, 0.2) is 42.6 Å². The zero-order chi connectivity index (χ0) is 13.0. The summed E-state index contributed by atoms with van der Waals surface area (Å²) in [5.74, 6) is 0.576. The molecule has 0 bridgehead atoms. The Bertz CT molecular complexity index is 508. The minimum atomic E-state index is 0.576. The van der Waals surface area contributed by atoms with Gasteiger partial charge in [0.05, 0.1) is 11.9 Å². The monoisotopic (exact) mass is 241 g/mol. The first-order valence-electron chi connectivity index (χ1n) is 6.21. The Kier molecular flexibility index (Phi) is 3.82. The molecule has 0 aliphatic heterocycles. The molecule has 18 heavy (non-hydrogen) atoms. The highest BCUT2D eigenvalue weighted by molar-refractivity contribution is 5.55. The Morgan fingerprint density at radius 1 is 1.22 bits per heavy atom. The number of aromatic nitrogens is 1. The molecular weight excluding hydrogens is 222 g/mol. The maximum Gasteiger partial charge on any atom is 0.123 e. The number of rotatable bonds is 4. The topological polar surface area (TPSA) is 42.2 Å². The van der Waals surface area contributed by atoms with Crippen LogP contribution in [0.5, 0.6) is 0 Å². The van der Waals surface area contributed by atoms with Crippen molar-refractivity contribution in [1.82, 2.24) is 4.98 Å². The molecule has 2 N–H and O–H groups in total. The molecule has 1 heterocycles. The Morgan fingerprint density at radius 2 is 1.94 bits per heavy atom. The standard InChI is InChI=1S/C15H19N3/c1-3-18(11-13-7-5-4-6-8-13)14-10-17-15(16)9-12(14)2/h4-10H,3,11H2,1-2H3,(H2,16,17). The summed E-state index contributed by atoms with van der Waals surface area (Å²) < 4.78 is 0. The summed E-state index contributed by atoms with van der Waals surface area (Å²) in [6.07, 6.45) is 1.86. The molecule has 1 aromatic carbocycles. The van der Waals surface area contributed by atoms with E-state index in [2.05, 4.69) is 48.0 Å². The number of benzene rings is 1. The van der Waals surface area contributed by atoms with Crippen molar-refractivity contribution in [3.05, 3.63) is 53.7 Å². The number of aryl methyl sites for hydroxylation is 1. The van der Waals surface area contributed by atoms with Gasteiger partial charge in [0.25, 0.3) is 0 Å². The second-order valence-corrected chi connectivity index (χ2v) is 4.40. The normalized spacial score (nSPS) is 10.3. The number of hydrogen-bond donors (Lipinski definition) is 1. The third kappa shape index (κ3) is 2.80. The molecule has 0 saturated carbocycles. The highest BCUT2D eigenvalue weighted by Crippen LogP contribution is 2.22. The van der Waals surface area contributed by atoms with Gasteiger partial charge in [-0.05, 0) is 31.0 Å². The van der Waals surface area contributed by atoms with E-state index < -0.39 is 0 Å². The molecular formula is C15H19N3. The maximum atomic E-state index is 5.69. The third-order valence-corrected chi connectivity index (χ3v) is 3.04. The highest BCUT2D eigenvalue weighted by Gasteiger charge is 2.08. The highest BCUT2D eigenvalue weighted by atomic mass is 15.1. The summed E-state index contributed by atoms with van der Waals surface area (Å²) in [6.45, 7) is 6.06. The first-order valence-corrected chi connectivity index (χ1v) is 6.21. The van der Waals surface area contributed by atoms with Crippen molar-refractivity contribution in [2.24, 2.45) is 0 Å². The maximum absolute atomic E-state index is 5.69. The van der Waals surface area contributed by atoms with Crippen LogP contribution in [0.4, 0.5) is 11.5 Å². The summed E-state index contributed by atoms with van der Waals surface area (Å²) in [7, 11) is 0. The molecule has 0 spiro atoms. The number of nitrogens with two attached hydrogens (primary N) is 1. The molecule has 94 valence electrons. The van der Waals surface area contributed by atoms with E-state index in [1.165, 1.54) is 11.1 Å². The second kappa shape index (κ2) is 5.54. The van der Waals surface area contributed by atoms with Crippen molar-refractivity contribution in [2.45, 2.75) is 20.4 Å². The average Bonchev–Trinajstić information content (AvgIpc) is 2.38. The van der Waals surface area contributed by atoms with Gasteiger partial charge in [-0.1, -0.05) is 30.3 Å². The van der Waals surface area contributed by atoms with Crippen LogP contribution in [0.2, 0.25) is 0 Å². The lowest BCUT2D eigenvalue weighted by molar-refractivity contribution is 0.825. The van der Waals surface area contributed by atoms with E-state index in [1.54, 1.807) is 0 Å². The summed E-state index contributed by atoms with van der Waals surface area (Å²) in [6, 6.07) is 12.4. The number of anilines is 2. The molecule has 2 rings (SSSR count). The lowest BCUT2D eigenvalue weighted by Crippen LogP contribution is -2.23. The van der Waals surface area contributed by atoms with Crippen molar-refractivity contribution in [3.8, 4) is 0 Å². The Labute approximate surface area is 108 Å². The van der Waals surface area contributed by atoms with E-state index in [-0.39, 0.29) is 0 Å². The van der Waals surface area contributed by atoms with Crippen molar-refractivity contribution in [3.63, 3.8) is 0 Å². The fourth-order valence-electron chi connectivity index (χ4n) is 2.07. The van der Waals surface area contributed by atoms with E-state index in [0.717, 1.165) is 18.8 Å². The smallest absolute Gasteiger partial charge is 0.123 e. The van der Waals surface area contributed by atoms with Gasteiger partial charge in [0.1, 0.15) is 5.82 Å². The van der Waals surface area contributed by atoms with Gasteiger partial charge in [-0.15, -0.1) is 0 Å². The van der Waals surface area contributed by atoms with E-state index >= 15 is 0 Å². The number of nitrogens with zero attached hydrogens (tertiary/aromatic N) is 2. The number of hydrogen-bond acceptors (Lipinski definition) is 3. The molecule has 3 heteroatoms. The van der Waals surface area contributed by atoms with Crippen LogP contribution in [-0.4, -0.2) is 11.5 Å². The van der Waals surface area contributed by atoms with Gasteiger partial charge in [0.2, 0.25) is 0 Å². The van der Waals surface area contributed by atoms with E-state index in [9.17, 15) is 0 Å². The molecule has 3 nitrogen and oxygen atoms in total. The molecule has 0 saturated heterocycles. The minimum Gasteiger partial charge on any atom is -0.384 e. The Balaban J connectivity index is 2.23. The number of nitrogen functional groups attached to an aromatic ring is 1. The first-order chi connectivity index (χ1) is 8.70. The van der Waals surface area contributed by atoms with Crippen molar-refractivity contribution >= 4 is 11.5 Å². The Morgan fingerprint density at radius 3 is 2.56 bits per heavy atom. The first kappa shape index (κ1) is 12.4. The molecule has 0 unspecified atom stereocenters. The van der Waals surface area contributed by atoms with Crippen LogP contribution in [0.25, 0.3) is 0 Å². The number of pyridine rings is 1. The lowest BCUT2D eigenvalue weighted by Gasteiger charge is -2.24. The minimum absolute atomic E-state index is 0.576. The lowest BCUT2D eigenvalue weighted by atomic mass is 10.1. The van der Waals surface area contributed by atoms with Crippen molar-refractivity contribution in [2.75, 3.05) is 17.2 Å². The summed E-state index contributed by atoms with van der Waals surface area (Å²) >= 11 is 0. The zero-order valence-corrected chi connectivity index (χ0v) is 10.9. The summed E-state index contributed by atoms with van der Waals surface area (Å²) in [5, 5.41) is 0. The van der Waals surface area contributed by atoms with Crippen LogP contribution in [0.3, 0.4) is 0 Å². The fraction of sp³-hybridized carbons (Fsp3) is 0.267. The van der Waals surface area contributed by atoms with Gasteiger partial charge in [-0.3, -0.25) is 0 Å². The van der Waals surface area contributed by atoms with Crippen molar-refractivity contribution < 1.29 is 0 Å². The van der Waals surface area contributed by atoms with E-state index in [0.29, 0.717) is 5.82 Å². The average molecular weight is 241 g/mol. The van der Waals surface area contributed by atoms with Crippen LogP contribution >= 0.6 is 0 Å². The van der Waals surface area contributed by atoms with Crippen LogP contribution in [-0.2, 0) is 6.54 Å². The van der Waals surface area contributed by atoms with Gasteiger partial charge in [0.15, 0.2) is 0 Å². The largest absolute Gasteiger partial charge is 0.384 e. The molecule has 2 aromatic rings. The SMILES string of the molecule is CCN(Cc1ccccc1)c1cnc(N)cc1C. The quantitative estimate of drug-likeness (QED) is 0.894. The van der Waals surface area contributed by atoms with E-state index in [4.69, 9.17) is 5.73 Å². The van der Waals surface area contributed by atoms with Crippen LogP contribution in [0, 0.1) is 6.92 Å². The summed E-state index contributed by atoms with van der Waals surface area (Å²) in [5.41, 5.74) is 9.31. The summed E-state index contributed by atoms with van der Waals surface area (Å²) in [4.78, 5) is 6.49. The molecule has 0 amide bonds. The van der Waals surface area contributed by atoms with Gasteiger partial charge in [-0.25, -0.2) is 4.98 Å². The molecule has 0 radical (unpaired) electrons. The second-order valence-electron chi connectivity index (χ2n) is 4.40. The van der Waals surface area contributed by atoms with Crippen LogP contribution < -0.4 is 10.6 Å². The Hall–Kier alpha value is -2.03. The van der Waals surface area contributed by atoms with E-state index in [1.807, 2.05) is 18.3 Å². The molecule has 0 atom stereocenters.